The van der Waals surface area contributed by atoms with Crippen LogP contribution in [-0.4, -0.2) is 115 Å². The molecular formula is C52H55N7O11. The number of ketones is 1. The molecule has 3 atom stereocenters. The zero-order valence-electron chi connectivity index (χ0n) is 38.4. The maximum atomic E-state index is 15.0. The molecule has 18 heteroatoms. The van der Waals surface area contributed by atoms with Gasteiger partial charge in [0, 0.05) is 68.8 Å². The summed E-state index contributed by atoms with van der Waals surface area (Å²) in [5.41, 5.74) is 7.57. The van der Waals surface area contributed by atoms with Crippen molar-refractivity contribution in [2.45, 2.75) is 50.7 Å². The lowest BCUT2D eigenvalue weighted by Gasteiger charge is -2.41. The van der Waals surface area contributed by atoms with Crippen molar-refractivity contribution in [3.63, 3.8) is 0 Å². The van der Waals surface area contributed by atoms with Crippen LogP contribution in [0.5, 0.6) is 0 Å². The fourth-order valence-electron chi connectivity index (χ4n) is 8.58. The zero-order valence-corrected chi connectivity index (χ0v) is 38.4. The Morgan fingerprint density at radius 3 is 2.34 bits per heavy atom. The molecule has 0 unspecified atom stereocenters. The molecule has 1 saturated heterocycles. The maximum absolute atomic E-state index is 15.0. The largest absolute Gasteiger partial charge is 0.475 e. The molecule has 70 heavy (non-hydrogen) atoms. The van der Waals surface area contributed by atoms with E-state index in [4.69, 9.17) is 14.9 Å². The van der Waals surface area contributed by atoms with Crippen LogP contribution in [0.25, 0.3) is 22.1 Å². The Kier molecular flexibility index (Phi) is 16.7. The monoisotopic (exact) mass is 953 g/mol. The van der Waals surface area contributed by atoms with Gasteiger partial charge in [0.1, 0.15) is 23.1 Å². The SMILES string of the molecule is NCCOCCNC(=O)[C@@H]1CCNC(=O)/C=C/C(=O)N2CCC[C@](C(=O)c3ccccc3)(C2)C(=O)N[C@@H](Cc2ccc(-c3ccc4cc(C(=O)O)oc4c3)cc2)C(=O)NCc2ccccc2CC(=O)N1. The van der Waals surface area contributed by atoms with Crippen LogP contribution in [0, 0.1) is 5.41 Å². The summed E-state index contributed by atoms with van der Waals surface area (Å²) < 4.78 is 10.9. The van der Waals surface area contributed by atoms with E-state index < -0.39 is 64.7 Å². The lowest BCUT2D eigenvalue weighted by atomic mass is 9.72. The van der Waals surface area contributed by atoms with Crippen LogP contribution in [-0.2, 0) is 52.9 Å². The third-order valence-corrected chi connectivity index (χ3v) is 12.3. The van der Waals surface area contributed by atoms with Gasteiger partial charge in [-0.2, -0.15) is 0 Å². The van der Waals surface area contributed by atoms with Crippen LogP contribution in [0.4, 0.5) is 0 Å². The van der Waals surface area contributed by atoms with Crippen LogP contribution >= 0.6 is 0 Å². The molecule has 18 nitrogen and oxygen atoms in total. The first-order valence-electron chi connectivity index (χ1n) is 23.0. The van der Waals surface area contributed by atoms with Crippen LogP contribution < -0.4 is 32.3 Å². The fraction of sp³-hybridized carbons (Fsp3) is 0.308. The second-order valence-corrected chi connectivity index (χ2v) is 17.1. The van der Waals surface area contributed by atoms with Gasteiger partial charge in [0.05, 0.1) is 19.6 Å². The lowest BCUT2D eigenvalue weighted by Crippen LogP contribution is -2.60. The van der Waals surface area contributed by atoms with E-state index >= 15 is 0 Å². The average Bonchev–Trinajstić information content (AvgIpc) is 3.81. The van der Waals surface area contributed by atoms with E-state index in [0.717, 1.165) is 23.3 Å². The Morgan fingerprint density at radius 1 is 0.843 bits per heavy atom. The minimum Gasteiger partial charge on any atom is -0.475 e. The molecule has 0 radical (unpaired) electrons. The number of furan rings is 1. The number of nitrogens with one attached hydrogen (secondary N) is 5. The van der Waals surface area contributed by atoms with Crippen LogP contribution in [0.3, 0.4) is 0 Å². The minimum absolute atomic E-state index is 0.00199. The molecule has 4 aromatic carbocycles. The normalized spacial score (nSPS) is 20.1. The molecule has 3 heterocycles. The molecule has 2 aliphatic heterocycles. The Labute approximate surface area is 403 Å². The Hall–Kier alpha value is -7.96. The van der Waals surface area contributed by atoms with E-state index in [2.05, 4.69) is 26.6 Å². The van der Waals surface area contributed by atoms with E-state index in [1.807, 2.05) is 18.2 Å². The molecule has 364 valence electrons. The first-order valence-corrected chi connectivity index (χ1v) is 23.0. The summed E-state index contributed by atoms with van der Waals surface area (Å²) in [6, 6.07) is 26.8. The number of aromatic carboxylic acids is 1. The van der Waals surface area contributed by atoms with E-state index in [-0.39, 0.29) is 82.8 Å². The minimum atomic E-state index is -1.83. The number of fused-ring (bicyclic) bond motifs is 4. The second kappa shape index (κ2) is 23.4. The maximum Gasteiger partial charge on any atom is 0.371 e. The van der Waals surface area contributed by atoms with Gasteiger partial charge in [-0.1, -0.05) is 91.0 Å². The van der Waals surface area contributed by atoms with E-state index in [9.17, 15) is 43.5 Å². The quantitative estimate of drug-likeness (QED) is 0.0541. The number of hydrogen-bond donors (Lipinski definition) is 7. The number of carbonyl (C=O) groups excluding carboxylic acids is 7. The number of piperidine rings is 1. The molecule has 0 spiro atoms. The molecule has 8 N–H and O–H groups in total. The fourth-order valence-corrected chi connectivity index (χ4v) is 8.58. The molecule has 2 bridgehead atoms. The van der Waals surface area contributed by atoms with Gasteiger partial charge in [0.2, 0.25) is 41.2 Å². The zero-order chi connectivity index (χ0) is 49.6. The third kappa shape index (κ3) is 12.6. The van der Waals surface area contributed by atoms with Crippen molar-refractivity contribution in [3.8, 4) is 11.1 Å². The summed E-state index contributed by atoms with van der Waals surface area (Å²) in [5.74, 6) is -5.55. The Bertz CT molecular complexity index is 2770. The van der Waals surface area contributed by atoms with Crippen LogP contribution in [0.2, 0.25) is 0 Å². The van der Waals surface area contributed by atoms with Crippen molar-refractivity contribution >= 4 is 58.2 Å². The smallest absolute Gasteiger partial charge is 0.371 e. The number of amides is 6. The summed E-state index contributed by atoms with van der Waals surface area (Å²) >= 11 is 0. The van der Waals surface area contributed by atoms with Crippen molar-refractivity contribution in [2.75, 3.05) is 45.9 Å². The summed E-state index contributed by atoms with van der Waals surface area (Å²) in [4.78, 5) is 111. The number of carboxylic acid groups (broad SMARTS) is 1. The highest BCUT2D eigenvalue weighted by Gasteiger charge is 2.50. The van der Waals surface area contributed by atoms with Crippen molar-refractivity contribution < 1.29 is 52.6 Å². The number of ether oxygens (including phenoxy) is 1. The number of hydrogen-bond acceptors (Lipinski definition) is 11. The molecule has 1 aromatic heterocycles. The van der Waals surface area contributed by atoms with Gasteiger partial charge in [0.15, 0.2) is 5.78 Å². The van der Waals surface area contributed by atoms with Crippen LogP contribution in [0.1, 0.15) is 56.9 Å². The van der Waals surface area contributed by atoms with Gasteiger partial charge in [-0.15, -0.1) is 0 Å². The topological polar surface area (TPSA) is 269 Å². The molecular weight excluding hydrogens is 899 g/mol. The average molecular weight is 954 g/mol. The number of nitrogens with two attached hydrogens (primary N) is 1. The summed E-state index contributed by atoms with van der Waals surface area (Å²) in [6.07, 6.45) is 2.18. The van der Waals surface area contributed by atoms with E-state index in [0.29, 0.717) is 40.8 Å². The molecule has 0 saturated carbocycles. The van der Waals surface area contributed by atoms with Gasteiger partial charge in [0.25, 0.3) is 0 Å². The van der Waals surface area contributed by atoms with Gasteiger partial charge in [-0.05, 0) is 59.2 Å². The number of carbonyl (C=O) groups is 8. The number of nitrogens with zero attached hydrogens (tertiary/aromatic N) is 1. The predicted molar refractivity (Wildman–Crippen MR) is 257 cm³/mol. The first kappa shape index (κ1) is 49.9. The second-order valence-electron chi connectivity index (χ2n) is 17.1. The first-order chi connectivity index (χ1) is 33.8. The van der Waals surface area contributed by atoms with E-state index in [1.165, 1.54) is 11.0 Å². The summed E-state index contributed by atoms with van der Waals surface area (Å²) in [7, 11) is 0. The van der Waals surface area contributed by atoms with Gasteiger partial charge in [-0.25, -0.2) is 4.79 Å². The van der Waals surface area contributed by atoms with Crippen molar-refractivity contribution in [1.82, 2.24) is 31.5 Å². The summed E-state index contributed by atoms with van der Waals surface area (Å²) in [6.45, 7) is 0.681. The number of benzene rings is 4. The lowest BCUT2D eigenvalue weighted by molar-refractivity contribution is -0.139. The number of rotatable bonds is 12. The highest BCUT2D eigenvalue weighted by atomic mass is 16.5. The Balaban J connectivity index is 1.20. The van der Waals surface area contributed by atoms with Crippen molar-refractivity contribution in [1.29, 1.82) is 0 Å². The molecule has 7 rings (SSSR count). The van der Waals surface area contributed by atoms with Gasteiger partial charge in [-0.3, -0.25) is 33.6 Å². The predicted octanol–water partition coefficient (Wildman–Crippen LogP) is 2.83. The molecule has 6 amide bonds. The molecule has 5 aromatic rings. The highest BCUT2D eigenvalue weighted by Crippen LogP contribution is 2.35. The number of Topliss-reactive ketones (excluding diaryl/α,β-unsaturated/α-hetero) is 1. The Morgan fingerprint density at radius 2 is 1.59 bits per heavy atom. The van der Waals surface area contributed by atoms with Crippen molar-refractivity contribution in [2.24, 2.45) is 11.1 Å². The van der Waals surface area contributed by atoms with Gasteiger partial charge < -0.3 is 51.5 Å². The molecule has 2 aliphatic rings. The highest BCUT2D eigenvalue weighted by molar-refractivity contribution is 6.15. The molecule has 0 aliphatic carbocycles. The molecule has 1 fully saturated rings. The number of carboxylic acids is 1. The van der Waals surface area contributed by atoms with E-state index in [1.54, 1.807) is 78.9 Å². The van der Waals surface area contributed by atoms with Crippen molar-refractivity contribution in [3.05, 3.63) is 143 Å². The standard InChI is InChI=1S/C52H55N7O11/c53-21-25-69-26-23-55-48(64)40-19-22-54-44(60)17-18-46(62)59-24-6-20-52(32-59,47(63)35-7-2-1-3-8-35)51(68)58-41(49(65)56-31-39-10-5-4-9-36(39)30-45(61)57-40)27-33-11-13-34(14-12-33)37-15-16-38-29-43(50(66)67)70-42(38)28-37/h1-5,7-18,28-29,40-41H,6,19-27,30-32,53H2,(H,54,60)(H,55,64)(H,56,65)(H,57,61)(H,58,68)(H,66,67)/b18-17+/t40-,41-,52+/m0/s1. The third-order valence-electron chi connectivity index (χ3n) is 12.3. The summed E-state index contributed by atoms with van der Waals surface area (Å²) in [5, 5.41) is 24.0. The van der Waals surface area contributed by atoms with Crippen LogP contribution in [0.15, 0.2) is 120 Å². The van der Waals surface area contributed by atoms with Gasteiger partial charge >= 0.3 is 5.97 Å².